The number of fused-ring (bicyclic) bond motifs is 1. The van der Waals surface area contributed by atoms with Crippen LogP contribution >= 0.6 is 0 Å². The van der Waals surface area contributed by atoms with Gasteiger partial charge in [-0.05, 0) is 62.4 Å². The number of H-pyrrole nitrogens is 1. The van der Waals surface area contributed by atoms with Crippen molar-refractivity contribution < 1.29 is 19.5 Å². The first-order valence-corrected chi connectivity index (χ1v) is 12.5. The molecule has 2 heterocycles. The summed E-state index contributed by atoms with van der Waals surface area (Å²) in [6, 6.07) is 22.4. The van der Waals surface area contributed by atoms with Crippen molar-refractivity contribution in [1.82, 2.24) is 15.1 Å². The van der Waals surface area contributed by atoms with Gasteiger partial charge in [0.25, 0.3) is 11.8 Å². The van der Waals surface area contributed by atoms with Gasteiger partial charge in [0.15, 0.2) is 0 Å². The van der Waals surface area contributed by atoms with Crippen molar-refractivity contribution in [2.24, 2.45) is 0 Å². The number of para-hydroxylation sites is 2. The van der Waals surface area contributed by atoms with E-state index in [0.29, 0.717) is 22.6 Å². The van der Waals surface area contributed by atoms with Crippen LogP contribution in [0.5, 0.6) is 5.75 Å². The van der Waals surface area contributed by atoms with Gasteiger partial charge in [0.05, 0.1) is 11.2 Å². The van der Waals surface area contributed by atoms with Crippen LogP contribution < -0.4 is 9.80 Å². The van der Waals surface area contributed by atoms with Crippen LogP contribution in [0.25, 0.3) is 17.0 Å². The smallest absolute Gasteiger partial charge is 0.268 e. The molecule has 0 unspecified atom stereocenters. The standard InChI is InChI=1S/C30H27N5O4/c1-20(2)35(22-12-14-23(36)15-13-22)28(37)19-33-16-17-34(21-8-4-3-5-9-21)30(39)25(29(33)38)18-27-24-10-6-7-11-26(24)31-32-27/h3-18,20,36H,19H2,1-2H3,(H,31,32)/b25-18+. The number of aromatic nitrogens is 2. The summed E-state index contributed by atoms with van der Waals surface area (Å²) < 4.78 is 0. The summed E-state index contributed by atoms with van der Waals surface area (Å²) in [4.78, 5) is 45.3. The fraction of sp³-hybridized carbons (Fsp3) is 0.133. The SMILES string of the molecule is CC(C)N(C(=O)CN1C=CN(c2ccccc2)C(=O)/C(=C/c2[nH]nc3ccccc23)C1=O)c1ccc(O)cc1. The van der Waals surface area contributed by atoms with E-state index in [2.05, 4.69) is 10.2 Å². The Kier molecular flexibility index (Phi) is 6.96. The third-order valence-corrected chi connectivity index (χ3v) is 6.37. The van der Waals surface area contributed by atoms with Crippen molar-refractivity contribution in [2.45, 2.75) is 19.9 Å². The number of nitrogens with one attached hydrogen (secondary N) is 1. The Morgan fingerprint density at radius 1 is 0.949 bits per heavy atom. The molecular formula is C30H27N5O4. The maximum atomic E-state index is 13.8. The number of phenolic OH excluding ortho intramolecular Hbond substituents is 1. The highest BCUT2D eigenvalue weighted by Gasteiger charge is 2.33. The molecule has 9 nitrogen and oxygen atoms in total. The van der Waals surface area contributed by atoms with E-state index in [1.54, 1.807) is 41.3 Å². The van der Waals surface area contributed by atoms with Crippen LogP contribution in [0.15, 0.2) is 96.8 Å². The van der Waals surface area contributed by atoms with E-state index in [9.17, 15) is 19.5 Å². The van der Waals surface area contributed by atoms with Gasteiger partial charge in [0.1, 0.15) is 17.9 Å². The highest BCUT2D eigenvalue weighted by Crippen LogP contribution is 2.26. The molecule has 9 heteroatoms. The number of rotatable bonds is 6. The fourth-order valence-corrected chi connectivity index (χ4v) is 4.50. The number of carbonyl (C=O) groups excluding carboxylic acids is 3. The number of aromatic hydroxyl groups is 1. The molecule has 0 fully saturated rings. The summed E-state index contributed by atoms with van der Waals surface area (Å²) in [7, 11) is 0. The summed E-state index contributed by atoms with van der Waals surface area (Å²) in [5.41, 5.74) is 2.25. The van der Waals surface area contributed by atoms with Crippen molar-refractivity contribution in [1.29, 1.82) is 0 Å². The number of anilines is 2. The van der Waals surface area contributed by atoms with Gasteiger partial charge in [-0.2, -0.15) is 5.10 Å². The maximum Gasteiger partial charge on any atom is 0.268 e. The van der Waals surface area contributed by atoms with Gasteiger partial charge in [-0.15, -0.1) is 0 Å². The van der Waals surface area contributed by atoms with E-state index in [1.165, 1.54) is 40.4 Å². The predicted octanol–water partition coefficient (Wildman–Crippen LogP) is 4.44. The van der Waals surface area contributed by atoms with Crippen molar-refractivity contribution >= 4 is 46.1 Å². The van der Waals surface area contributed by atoms with E-state index in [4.69, 9.17) is 0 Å². The van der Waals surface area contributed by atoms with Crippen LogP contribution in [0.2, 0.25) is 0 Å². The summed E-state index contributed by atoms with van der Waals surface area (Å²) >= 11 is 0. The molecule has 1 aliphatic heterocycles. The second-order valence-corrected chi connectivity index (χ2v) is 9.33. The average molecular weight is 522 g/mol. The number of carbonyl (C=O) groups is 3. The first kappa shape index (κ1) is 25.5. The molecule has 0 bridgehead atoms. The molecule has 0 atom stereocenters. The minimum Gasteiger partial charge on any atom is -0.508 e. The lowest BCUT2D eigenvalue weighted by Gasteiger charge is -2.29. The summed E-state index contributed by atoms with van der Waals surface area (Å²) in [5, 5.41) is 17.6. The zero-order valence-corrected chi connectivity index (χ0v) is 21.5. The summed E-state index contributed by atoms with van der Waals surface area (Å²) in [5.74, 6) is -1.41. The predicted molar refractivity (Wildman–Crippen MR) is 150 cm³/mol. The molecule has 0 aliphatic carbocycles. The molecular weight excluding hydrogens is 494 g/mol. The molecule has 0 radical (unpaired) electrons. The van der Waals surface area contributed by atoms with E-state index in [-0.39, 0.29) is 29.8 Å². The van der Waals surface area contributed by atoms with Crippen molar-refractivity contribution in [3.8, 4) is 5.75 Å². The number of phenols is 1. The normalized spacial score (nSPS) is 14.9. The van der Waals surface area contributed by atoms with Gasteiger partial charge in [0, 0.05) is 35.2 Å². The van der Waals surface area contributed by atoms with Gasteiger partial charge in [-0.1, -0.05) is 36.4 Å². The summed E-state index contributed by atoms with van der Waals surface area (Å²) in [6.45, 7) is 3.42. The second kappa shape index (κ2) is 10.7. The lowest BCUT2D eigenvalue weighted by molar-refractivity contribution is -0.131. The first-order chi connectivity index (χ1) is 18.8. The maximum absolute atomic E-state index is 13.8. The average Bonchev–Trinajstić information content (AvgIpc) is 3.30. The monoisotopic (exact) mass is 521 g/mol. The summed E-state index contributed by atoms with van der Waals surface area (Å²) in [6.07, 6.45) is 4.43. The van der Waals surface area contributed by atoms with Gasteiger partial charge in [-0.3, -0.25) is 24.4 Å². The first-order valence-electron chi connectivity index (χ1n) is 12.5. The van der Waals surface area contributed by atoms with Crippen molar-refractivity contribution in [2.75, 3.05) is 16.3 Å². The molecule has 39 heavy (non-hydrogen) atoms. The molecule has 1 aliphatic rings. The van der Waals surface area contributed by atoms with Crippen molar-refractivity contribution in [3.05, 3.63) is 103 Å². The number of aromatic amines is 1. The third kappa shape index (κ3) is 5.15. The van der Waals surface area contributed by atoms with E-state index < -0.39 is 11.8 Å². The zero-order chi connectivity index (χ0) is 27.5. The number of amides is 3. The molecule has 3 amide bonds. The Morgan fingerprint density at radius 2 is 1.64 bits per heavy atom. The molecule has 196 valence electrons. The van der Waals surface area contributed by atoms with Gasteiger partial charge in [0.2, 0.25) is 5.91 Å². The molecule has 2 N–H and O–H groups in total. The molecule has 4 aromatic rings. The number of hydrogen-bond acceptors (Lipinski definition) is 5. The Morgan fingerprint density at radius 3 is 2.36 bits per heavy atom. The Labute approximate surface area is 225 Å². The van der Waals surface area contributed by atoms with E-state index >= 15 is 0 Å². The van der Waals surface area contributed by atoms with E-state index in [0.717, 1.165) is 5.39 Å². The molecule has 0 saturated heterocycles. The largest absolute Gasteiger partial charge is 0.508 e. The highest BCUT2D eigenvalue weighted by molar-refractivity contribution is 6.28. The second-order valence-electron chi connectivity index (χ2n) is 9.33. The van der Waals surface area contributed by atoms with Crippen LogP contribution in [0.4, 0.5) is 11.4 Å². The van der Waals surface area contributed by atoms with Crippen molar-refractivity contribution in [3.63, 3.8) is 0 Å². The lowest BCUT2D eigenvalue weighted by Crippen LogP contribution is -2.44. The zero-order valence-electron chi connectivity index (χ0n) is 21.5. The quantitative estimate of drug-likeness (QED) is 0.288. The lowest BCUT2D eigenvalue weighted by atomic mass is 10.1. The highest BCUT2D eigenvalue weighted by atomic mass is 16.3. The number of nitrogens with zero attached hydrogens (tertiary/aromatic N) is 4. The van der Waals surface area contributed by atoms with Crippen LogP contribution in [0.3, 0.4) is 0 Å². The van der Waals surface area contributed by atoms with Crippen LogP contribution in [0.1, 0.15) is 19.5 Å². The Bertz CT molecular complexity index is 1590. The molecule has 0 spiro atoms. The Balaban J connectivity index is 1.54. The van der Waals surface area contributed by atoms with Gasteiger partial charge in [-0.25, -0.2) is 0 Å². The minimum atomic E-state index is -0.615. The molecule has 0 saturated carbocycles. The molecule has 3 aromatic carbocycles. The van der Waals surface area contributed by atoms with Crippen LogP contribution in [-0.4, -0.2) is 50.5 Å². The molecule has 5 rings (SSSR count). The van der Waals surface area contributed by atoms with Crippen LogP contribution in [-0.2, 0) is 14.4 Å². The minimum absolute atomic E-state index is 0.0844. The van der Waals surface area contributed by atoms with Gasteiger partial charge < -0.3 is 14.9 Å². The van der Waals surface area contributed by atoms with Gasteiger partial charge >= 0.3 is 0 Å². The third-order valence-electron chi connectivity index (χ3n) is 6.37. The molecule has 1 aromatic heterocycles. The number of benzene rings is 3. The Hall–Kier alpha value is -5.18. The van der Waals surface area contributed by atoms with E-state index in [1.807, 2.05) is 44.2 Å². The van der Waals surface area contributed by atoms with Crippen LogP contribution in [0, 0.1) is 0 Å². The topological polar surface area (TPSA) is 110 Å². The fourth-order valence-electron chi connectivity index (χ4n) is 4.50. The number of hydrogen-bond donors (Lipinski definition) is 2.